The van der Waals surface area contributed by atoms with Gasteiger partial charge in [0.1, 0.15) is 11.5 Å². The van der Waals surface area contributed by atoms with Crippen LogP contribution >= 0.6 is 23.2 Å². The number of benzene rings is 2. The summed E-state index contributed by atoms with van der Waals surface area (Å²) in [5, 5.41) is 3.67. The predicted molar refractivity (Wildman–Crippen MR) is 102 cm³/mol. The molecule has 4 nitrogen and oxygen atoms in total. The first-order chi connectivity index (χ1) is 12.0. The molecule has 6 heteroatoms. The number of halogens is 2. The van der Waals surface area contributed by atoms with E-state index in [0.29, 0.717) is 28.1 Å². The molecule has 0 fully saturated rings. The zero-order valence-corrected chi connectivity index (χ0v) is 15.7. The molecule has 0 saturated carbocycles. The van der Waals surface area contributed by atoms with Crippen LogP contribution in [-0.2, 0) is 4.79 Å². The monoisotopic (exact) mass is 381 g/mol. The van der Waals surface area contributed by atoms with Crippen LogP contribution in [0.15, 0.2) is 42.5 Å². The molecule has 0 radical (unpaired) electrons. The van der Waals surface area contributed by atoms with Crippen LogP contribution in [0.1, 0.15) is 26.7 Å². The summed E-state index contributed by atoms with van der Waals surface area (Å²) in [4.78, 5) is 12.3. The quantitative estimate of drug-likeness (QED) is 0.607. The fourth-order valence-corrected chi connectivity index (χ4v) is 2.48. The Bertz CT molecular complexity index is 704. The number of hydrogen-bond acceptors (Lipinski definition) is 3. The average molecular weight is 382 g/mol. The van der Waals surface area contributed by atoms with E-state index >= 15 is 0 Å². The highest BCUT2D eigenvalue weighted by atomic mass is 35.5. The summed E-state index contributed by atoms with van der Waals surface area (Å²) >= 11 is 11.9. The lowest BCUT2D eigenvalue weighted by atomic mass is 10.2. The first-order valence-corrected chi connectivity index (χ1v) is 8.90. The molecule has 0 bridgehead atoms. The van der Waals surface area contributed by atoms with E-state index in [1.54, 1.807) is 37.3 Å². The lowest BCUT2D eigenvalue weighted by molar-refractivity contribution is -0.122. The van der Waals surface area contributed by atoms with Gasteiger partial charge in [-0.2, -0.15) is 0 Å². The Balaban J connectivity index is 1.89. The normalized spacial score (nSPS) is 11.7. The minimum Gasteiger partial charge on any atom is -0.494 e. The van der Waals surface area contributed by atoms with Crippen LogP contribution in [0.3, 0.4) is 0 Å². The third kappa shape index (κ3) is 6.15. The highest BCUT2D eigenvalue weighted by Crippen LogP contribution is 2.28. The lowest BCUT2D eigenvalue weighted by Gasteiger charge is -2.16. The van der Waals surface area contributed by atoms with E-state index in [0.717, 1.165) is 18.6 Å². The third-order valence-corrected chi connectivity index (χ3v) is 3.99. The number of hydrogen-bond donors (Lipinski definition) is 1. The summed E-state index contributed by atoms with van der Waals surface area (Å²) in [6.45, 7) is 4.46. The second-order valence-corrected chi connectivity index (χ2v) is 6.39. The fourth-order valence-electron chi connectivity index (χ4n) is 2.03. The number of carbonyl (C=O) groups is 1. The van der Waals surface area contributed by atoms with E-state index in [-0.39, 0.29) is 5.91 Å². The van der Waals surface area contributed by atoms with Crippen molar-refractivity contribution in [3.05, 3.63) is 52.5 Å². The Morgan fingerprint density at radius 1 is 1.16 bits per heavy atom. The second kappa shape index (κ2) is 9.54. The van der Waals surface area contributed by atoms with Gasteiger partial charge in [0.15, 0.2) is 6.10 Å². The van der Waals surface area contributed by atoms with Crippen molar-refractivity contribution in [1.82, 2.24) is 0 Å². The number of unbranched alkanes of at least 4 members (excludes halogenated alkanes) is 1. The smallest absolute Gasteiger partial charge is 0.265 e. The first kappa shape index (κ1) is 19.4. The molecule has 1 amide bonds. The van der Waals surface area contributed by atoms with Crippen molar-refractivity contribution in [3.63, 3.8) is 0 Å². The standard InChI is InChI=1S/C19H21Cl2NO3/c1-3-4-11-24-16-8-6-15(7-9-16)22-19(23)13(2)25-18-10-5-14(20)12-17(18)21/h5-10,12-13H,3-4,11H2,1-2H3,(H,22,23)/t13-/m0/s1. The highest BCUT2D eigenvalue weighted by Gasteiger charge is 2.16. The number of carbonyl (C=O) groups excluding carboxylic acids is 1. The molecule has 0 spiro atoms. The largest absolute Gasteiger partial charge is 0.494 e. The Labute approximate surface area is 158 Å². The van der Waals surface area contributed by atoms with Crippen molar-refractivity contribution in [2.75, 3.05) is 11.9 Å². The van der Waals surface area contributed by atoms with Crippen LogP contribution in [-0.4, -0.2) is 18.6 Å². The van der Waals surface area contributed by atoms with Crippen LogP contribution < -0.4 is 14.8 Å². The van der Waals surface area contributed by atoms with Gasteiger partial charge in [-0.3, -0.25) is 4.79 Å². The van der Waals surface area contributed by atoms with Gasteiger partial charge in [0, 0.05) is 10.7 Å². The maximum absolute atomic E-state index is 12.3. The van der Waals surface area contributed by atoms with Crippen LogP contribution in [0.25, 0.3) is 0 Å². The van der Waals surface area contributed by atoms with Gasteiger partial charge in [0.2, 0.25) is 0 Å². The van der Waals surface area contributed by atoms with Gasteiger partial charge in [-0.05, 0) is 55.8 Å². The van der Waals surface area contributed by atoms with Crippen molar-refractivity contribution in [1.29, 1.82) is 0 Å². The third-order valence-electron chi connectivity index (χ3n) is 3.46. The Kier molecular flexibility index (Phi) is 7.41. The Morgan fingerprint density at radius 3 is 2.52 bits per heavy atom. The van der Waals surface area contributed by atoms with Crippen molar-refractivity contribution in [2.45, 2.75) is 32.8 Å². The molecule has 0 unspecified atom stereocenters. The minimum atomic E-state index is -0.709. The van der Waals surface area contributed by atoms with Crippen molar-refractivity contribution in [3.8, 4) is 11.5 Å². The Morgan fingerprint density at radius 2 is 1.88 bits per heavy atom. The topological polar surface area (TPSA) is 47.6 Å². The highest BCUT2D eigenvalue weighted by molar-refractivity contribution is 6.35. The molecule has 1 atom stereocenters. The fraction of sp³-hybridized carbons (Fsp3) is 0.316. The van der Waals surface area contributed by atoms with Crippen molar-refractivity contribution in [2.24, 2.45) is 0 Å². The van der Waals surface area contributed by atoms with E-state index in [9.17, 15) is 4.79 Å². The molecule has 0 aliphatic carbocycles. The average Bonchev–Trinajstić information content (AvgIpc) is 2.59. The van der Waals surface area contributed by atoms with Crippen LogP contribution in [0.4, 0.5) is 5.69 Å². The molecule has 1 N–H and O–H groups in total. The van der Waals surface area contributed by atoms with E-state index in [1.807, 2.05) is 12.1 Å². The number of rotatable bonds is 8. The maximum atomic E-state index is 12.3. The van der Waals surface area contributed by atoms with E-state index < -0.39 is 6.10 Å². The molecular formula is C19H21Cl2NO3. The van der Waals surface area contributed by atoms with E-state index in [1.165, 1.54) is 0 Å². The summed E-state index contributed by atoms with van der Waals surface area (Å²) in [5.74, 6) is 0.919. The van der Waals surface area contributed by atoms with Crippen LogP contribution in [0.2, 0.25) is 10.0 Å². The zero-order valence-electron chi connectivity index (χ0n) is 14.2. The number of ether oxygens (including phenoxy) is 2. The SMILES string of the molecule is CCCCOc1ccc(NC(=O)[C@H](C)Oc2ccc(Cl)cc2Cl)cc1. The van der Waals surface area contributed by atoms with Gasteiger partial charge in [-0.15, -0.1) is 0 Å². The van der Waals surface area contributed by atoms with Gasteiger partial charge in [0.05, 0.1) is 11.6 Å². The van der Waals surface area contributed by atoms with Gasteiger partial charge >= 0.3 is 0 Å². The molecule has 2 aromatic carbocycles. The molecular weight excluding hydrogens is 361 g/mol. The molecule has 134 valence electrons. The zero-order chi connectivity index (χ0) is 18.2. The molecule has 2 aromatic rings. The maximum Gasteiger partial charge on any atom is 0.265 e. The molecule has 0 aromatic heterocycles. The van der Waals surface area contributed by atoms with Gasteiger partial charge < -0.3 is 14.8 Å². The van der Waals surface area contributed by atoms with Gasteiger partial charge in [-0.1, -0.05) is 36.5 Å². The summed E-state index contributed by atoms with van der Waals surface area (Å²) in [6, 6.07) is 12.1. The predicted octanol–water partition coefficient (Wildman–Crippen LogP) is 5.58. The molecule has 0 saturated heterocycles. The van der Waals surface area contributed by atoms with Crippen molar-refractivity contribution < 1.29 is 14.3 Å². The molecule has 25 heavy (non-hydrogen) atoms. The van der Waals surface area contributed by atoms with Gasteiger partial charge in [0.25, 0.3) is 5.91 Å². The summed E-state index contributed by atoms with van der Waals surface area (Å²) in [7, 11) is 0. The Hall–Kier alpha value is -1.91. The summed E-state index contributed by atoms with van der Waals surface area (Å²) < 4.78 is 11.2. The first-order valence-electron chi connectivity index (χ1n) is 8.15. The summed E-state index contributed by atoms with van der Waals surface area (Å²) in [6.07, 6.45) is 1.39. The molecule has 0 aliphatic heterocycles. The number of anilines is 1. The second-order valence-electron chi connectivity index (χ2n) is 5.55. The van der Waals surface area contributed by atoms with Gasteiger partial charge in [-0.25, -0.2) is 0 Å². The molecule has 2 rings (SSSR count). The van der Waals surface area contributed by atoms with Crippen LogP contribution in [0.5, 0.6) is 11.5 Å². The van der Waals surface area contributed by atoms with E-state index in [4.69, 9.17) is 32.7 Å². The molecule has 0 aliphatic rings. The van der Waals surface area contributed by atoms with E-state index in [2.05, 4.69) is 12.2 Å². The number of amides is 1. The van der Waals surface area contributed by atoms with Crippen molar-refractivity contribution >= 4 is 34.8 Å². The molecule has 0 heterocycles. The lowest BCUT2D eigenvalue weighted by Crippen LogP contribution is -2.30. The van der Waals surface area contributed by atoms with Crippen LogP contribution in [0, 0.1) is 0 Å². The minimum absolute atomic E-state index is 0.273. The number of nitrogens with one attached hydrogen (secondary N) is 1. The summed E-state index contributed by atoms with van der Waals surface area (Å²) in [5.41, 5.74) is 0.672.